The van der Waals surface area contributed by atoms with Gasteiger partial charge >= 0.3 is 12.0 Å². The summed E-state index contributed by atoms with van der Waals surface area (Å²) in [5.41, 5.74) is 2.75. The fourth-order valence-corrected chi connectivity index (χ4v) is 3.47. The minimum absolute atomic E-state index is 0.0674. The molecule has 0 saturated heterocycles. The fraction of sp³-hybridized carbons (Fsp3) is 0.467. The zero-order valence-corrected chi connectivity index (χ0v) is 13.7. The van der Waals surface area contributed by atoms with Crippen LogP contribution in [-0.4, -0.2) is 23.1 Å². The van der Waals surface area contributed by atoms with E-state index in [0.29, 0.717) is 19.3 Å². The number of hydrogen-bond acceptors (Lipinski definition) is 2. The Hall–Kier alpha value is -1.56. The van der Waals surface area contributed by atoms with Gasteiger partial charge in [-0.25, -0.2) is 4.79 Å². The molecule has 2 rings (SSSR count). The van der Waals surface area contributed by atoms with Crippen molar-refractivity contribution >= 4 is 33.6 Å². The molecule has 0 spiro atoms. The molecule has 0 bridgehead atoms. The summed E-state index contributed by atoms with van der Waals surface area (Å²) in [7, 11) is 0. The number of carboxylic acids is 1. The molecular formula is C15H19BrN2O3. The highest BCUT2D eigenvalue weighted by Crippen LogP contribution is 2.27. The third-order valence-corrected chi connectivity index (χ3v) is 4.31. The molecule has 1 saturated carbocycles. The van der Waals surface area contributed by atoms with E-state index in [2.05, 4.69) is 26.6 Å². The Morgan fingerprint density at radius 3 is 2.38 bits per heavy atom. The topological polar surface area (TPSA) is 78.4 Å². The van der Waals surface area contributed by atoms with Crippen molar-refractivity contribution in [2.24, 2.45) is 5.92 Å². The second-order valence-electron chi connectivity index (χ2n) is 5.56. The molecule has 0 heterocycles. The van der Waals surface area contributed by atoms with Gasteiger partial charge in [-0.05, 0) is 56.4 Å². The normalized spacial score (nSPS) is 21.1. The standard InChI is InChI=1S/C15H19BrN2O3/c1-8-5-11(16)6-9(2)13(8)18-15(21)17-12-4-3-10(7-12)14(19)20/h5-6,10,12H,3-4,7H2,1-2H3,(H,19,20)(H2,17,18,21). The van der Waals surface area contributed by atoms with Crippen LogP contribution in [0, 0.1) is 19.8 Å². The summed E-state index contributed by atoms with van der Waals surface area (Å²) in [5, 5.41) is 14.7. The first-order valence-electron chi connectivity index (χ1n) is 6.94. The zero-order chi connectivity index (χ0) is 15.6. The SMILES string of the molecule is Cc1cc(Br)cc(C)c1NC(=O)NC1CCC(C(=O)O)C1. The van der Waals surface area contributed by atoms with Crippen molar-refractivity contribution in [2.75, 3.05) is 5.32 Å². The van der Waals surface area contributed by atoms with Crippen LogP contribution in [0.15, 0.2) is 16.6 Å². The van der Waals surface area contributed by atoms with Gasteiger partial charge in [0.05, 0.1) is 5.92 Å². The Balaban J connectivity index is 1.96. The largest absolute Gasteiger partial charge is 0.481 e. The summed E-state index contributed by atoms with van der Waals surface area (Å²) < 4.78 is 0.976. The lowest BCUT2D eigenvalue weighted by Crippen LogP contribution is -2.37. The van der Waals surface area contributed by atoms with Crippen molar-refractivity contribution in [3.8, 4) is 0 Å². The minimum Gasteiger partial charge on any atom is -0.481 e. The molecule has 1 aromatic carbocycles. The van der Waals surface area contributed by atoms with Crippen molar-refractivity contribution in [1.29, 1.82) is 0 Å². The highest BCUT2D eigenvalue weighted by atomic mass is 79.9. The number of anilines is 1. The van der Waals surface area contributed by atoms with E-state index in [-0.39, 0.29) is 18.0 Å². The van der Waals surface area contributed by atoms with Crippen LogP contribution in [0.5, 0.6) is 0 Å². The molecule has 2 atom stereocenters. The number of urea groups is 1. The van der Waals surface area contributed by atoms with Crippen LogP contribution in [0.2, 0.25) is 0 Å². The van der Waals surface area contributed by atoms with Gasteiger partial charge in [0.25, 0.3) is 0 Å². The van der Waals surface area contributed by atoms with Crippen molar-refractivity contribution in [3.05, 3.63) is 27.7 Å². The number of rotatable bonds is 3. The summed E-state index contributed by atoms with van der Waals surface area (Å²) in [6.07, 6.45) is 1.83. The van der Waals surface area contributed by atoms with Crippen molar-refractivity contribution < 1.29 is 14.7 Å². The summed E-state index contributed by atoms with van der Waals surface area (Å²) in [4.78, 5) is 23.0. The quantitative estimate of drug-likeness (QED) is 0.777. The average Bonchev–Trinajstić information content (AvgIpc) is 2.82. The predicted molar refractivity (Wildman–Crippen MR) is 84.5 cm³/mol. The number of aryl methyl sites for hydroxylation is 2. The molecule has 3 N–H and O–H groups in total. The molecule has 0 aromatic heterocycles. The van der Waals surface area contributed by atoms with E-state index < -0.39 is 5.97 Å². The minimum atomic E-state index is -0.778. The van der Waals surface area contributed by atoms with E-state index in [9.17, 15) is 9.59 Å². The molecule has 114 valence electrons. The lowest BCUT2D eigenvalue weighted by atomic mass is 10.1. The average molecular weight is 355 g/mol. The molecule has 5 nitrogen and oxygen atoms in total. The monoisotopic (exact) mass is 354 g/mol. The number of nitrogens with one attached hydrogen (secondary N) is 2. The maximum absolute atomic E-state index is 12.1. The van der Waals surface area contributed by atoms with Crippen LogP contribution in [0.25, 0.3) is 0 Å². The molecule has 0 aliphatic heterocycles. The van der Waals surface area contributed by atoms with E-state index in [0.717, 1.165) is 21.3 Å². The van der Waals surface area contributed by atoms with Gasteiger partial charge in [0.2, 0.25) is 0 Å². The third-order valence-electron chi connectivity index (χ3n) is 3.85. The van der Waals surface area contributed by atoms with Gasteiger partial charge in [0, 0.05) is 16.2 Å². The van der Waals surface area contributed by atoms with Gasteiger partial charge in [0.15, 0.2) is 0 Å². The van der Waals surface area contributed by atoms with Crippen LogP contribution in [0.4, 0.5) is 10.5 Å². The Morgan fingerprint density at radius 2 is 1.86 bits per heavy atom. The molecule has 1 aromatic rings. The molecule has 1 fully saturated rings. The van der Waals surface area contributed by atoms with Gasteiger partial charge in [-0.3, -0.25) is 4.79 Å². The Bertz CT molecular complexity index is 551. The van der Waals surface area contributed by atoms with Crippen LogP contribution >= 0.6 is 15.9 Å². The highest BCUT2D eigenvalue weighted by Gasteiger charge is 2.30. The number of hydrogen-bond donors (Lipinski definition) is 3. The van der Waals surface area contributed by atoms with Crippen LogP contribution < -0.4 is 10.6 Å². The maximum atomic E-state index is 12.1. The number of benzene rings is 1. The number of carboxylic acid groups (broad SMARTS) is 1. The van der Waals surface area contributed by atoms with Crippen LogP contribution in [0.1, 0.15) is 30.4 Å². The number of carbonyl (C=O) groups is 2. The summed E-state index contributed by atoms with van der Waals surface area (Å²) >= 11 is 3.42. The van der Waals surface area contributed by atoms with Gasteiger partial charge < -0.3 is 15.7 Å². The second kappa shape index (κ2) is 6.47. The number of amides is 2. The van der Waals surface area contributed by atoms with Crippen molar-refractivity contribution in [3.63, 3.8) is 0 Å². The molecule has 2 unspecified atom stereocenters. The summed E-state index contributed by atoms with van der Waals surface area (Å²) in [6.45, 7) is 3.87. The smallest absolute Gasteiger partial charge is 0.319 e. The number of carbonyl (C=O) groups excluding carboxylic acids is 1. The van der Waals surface area contributed by atoms with Gasteiger partial charge in [-0.1, -0.05) is 15.9 Å². The van der Waals surface area contributed by atoms with Gasteiger partial charge in [-0.2, -0.15) is 0 Å². The second-order valence-corrected chi connectivity index (χ2v) is 6.47. The lowest BCUT2D eigenvalue weighted by Gasteiger charge is -2.16. The van der Waals surface area contributed by atoms with E-state index in [1.807, 2.05) is 26.0 Å². The first-order chi connectivity index (χ1) is 9.86. The summed E-state index contributed by atoms with van der Waals surface area (Å²) in [6, 6.07) is 3.54. The van der Waals surface area contributed by atoms with E-state index in [1.165, 1.54) is 0 Å². The van der Waals surface area contributed by atoms with E-state index >= 15 is 0 Å². The molecular weight excluding hydrogens is 336 g/mol. The van der Waals surface area contributed by atoms with Crippen LogP contribution in [-0.2, 0) is 4.79 Å². The summed E-state index contributed by atoms with van der Waals surface area (Å²) in [5.74, 6) is -1.12. The van der Waals surface area contributed by atoms with Gasteiger partial charge in [-0.15, -0.1) is 0 Å². The molecule has 6 heteroatoms. The predicted octanol–water partition coefficient (Wildman–Crippen LogP) is 3.44. The maximum Gasteiger partial charge on any atom is 0.319 e. The first kappa shape index (κ1) is 15.8. The van der Waals surface area contributed by atoms with E-state index in [4.69, 9.17) is 5.11 Å². The van der Waals surface area contributed by atoms with E-state index in [1.54, 1.807) is 0 Å². The van der Waals surface area contributed by atoms with Crippen molar-refractivity contribution in [2.45, 2.75) is 39.2 Å². The Kier molecular flexibility index (Phi) is 4.88. The molecule has 1 aliphatic carbocycles. The molecule has 0 radical (unpaired) electrons. The molecule has 2 amide bonds. The number of halogens is 1. The first-order valence-corrected chi connectivity index (χ1v) is 7.73. The Morgan fingerprint density at radius 1 is 1.24 bits per heavy atom. The highest BCUT2D eigenvalue weighted by molar-refractivity contribution is 9.10. The third kappa shape index (κ3) is 3.97. The zero-order valence-electron chi connectivity index (χ0n) is 12.1. The fourth-order valence-electron chi connectivity index (χ4n) is 2.78. The van der Waals surface area contributed by atoms with Crippen molar-refractivity contribution in [1.82, 2.24) is 5.32 Å². The van der Waals surface area contributed by atoms with Gasteiger partial charge in [0.1, 0.15) is 0 Å². The molecule has 21 heavy (non-hydrogen) atoms. The van der Waals surface area contributed by atoms with Crippen LogP contribution in [0.3, 0.4) is 0 Å². The number of aliphatic carboxylic acids is 1. The lowest BCUT2D eigenvalue weighted by molar-refractivity contribution is -0.141. The Labute approximate surface area is 132 Å². The molecule has 1 aliphatic rings.